The minimum absolute atomic E-state index is 0.319. The van der Waals surface area contributed by atoms with Gasteiger partial charge < -0.3 is 4.90 Å². The number of fused-ring (bicyclic) bond motifs is 3. The lowest BCUT2D eigenvalue weighted by atomic mass is 9.78. The third-order valence-corrected chi connectivity index (χ3v) is 4.56. The summed E-state index contributed by atoms with van der Waals surface area (Å²) in [7, 11) is 0. The van der Waals surface area contributed by atoms with E-state index >= 15 is 0 Å². The van der Waals surface area contributed by atoms with Crippen molar-refractivity contribution in [3.63, 3.8) is 0 Å². The number of rotatable bonds is 0. The molecule has 0 spiro atoms. The molecule has 0 aliphatic carbocycles. The summed E-state index contributed by atoms with van der Waals surface area (Å²) in [5.74, 6) is 1.22. The van der Waals surface area contributed by atoms with Crippen LogP contribution < -0.4 is 4.90 Å². The van der Waals surface area contributed by atoms with E-state index in [1.54, 1.807) is 0 Å². The first-order chi connectivity index (χ1) is 8.61. The van der Waals surface area contributed by atoms with E-state index in [1.165, 1.54) is 16.9 Å². The van der Waals surface area contributed by atoms with Gasteiger partial charge in [-0.2, -0.15) is 0 Å². The van der Waals surface area contributed by atoms with Gasteiger partial charge in [0.05, 0.1) is 0 Å². The maximum Gasteiger partial charge on any atom is 0.162 e. The Bertz CT molecular complexity index is 544. The molecule has 94 valence electrons. The summed E-state index contributed by atoms with van der Waals surface area (Å²) in [6.07, 6.45) is 0.644. The lowest BCUT2D eigenvalue weighted by Gasteiger charge is -2.44. The third kappa shape index (κ3) is 1.45. The molecule has 2 unspecified atom stereocenters. The zero-order chi connectivity index (χ0) is 12.9. The number of carbonyl (C=O) groups excluding carboxylic acids is 1. The summed E-state index contributed by atoms with van der Waals surface area (Å²) >= 11 is 0. The second kappa shape index (κ2) is 3.98. The largest absolute Gasteiger partial charge is 0.344 e. The summed E-state index contributed by atoms with van der Waals surface area (Å²) < 4.78 is 0. The van der Waals surface area contributed by atoms with Gasteiger partial charge in [-0.15, -0.1) is 0 Å². The first-order valence-corrected chi connectivity index (χ1v) is 6.71. The fourth-order valence-electron chi connectivity index (χ4n) is 3.33. The molecule has 2 nitrogen and oxygen atoms in total. The molecule has 1 aromatic carbocycles. The molecule has 0 bridgehead atoms. The molecular weight excluding hydrogens is 222 g/mol. The van der Waals surface area contributed by atoms with Crippen molar-refractivity contribution in [2.45, 2.75) is 33.1 Å². The molecule has 18 heavy (non-hydrogen) atoms. The Hall–Kier alpha value is -1.57. The van der Waals surface area contributed by atoms with Crippen molar-refractivity contribution in [1.29, 1.82) is 0 Å². The number of hydrogen-bond donors (Lipinski definition) is 0. The Morgan fingerprint density at radius 2 is 1.89 bits per heavy atom. The van der Waals surface area contributed by atoms with E-state index in [2.05, 4.69) is 43.0 Å². The summed E-state index contributed by atoms with van der Waals surface area (Å²) in [5, 5.41) is 0. The van der Waals surface area contributed by atoms with Crippen LogP contribution in [0.5, 0.6) is 0 Å². The maximum absolute atomic E-state index is 11.9. The van der Waals surface area contributed by atoms with E-state index in [1.807, 2.05) is 6.92 Å². The lowest BCUT2D eigenvalue weighted by molar-refractivity contribution is -0.115. The van der Waals surface area contributed by atoms with Gasteiger partial charge in [0.15, 0.2) is 5.78 Å². The van der Waals surface area contributed by atoms with Crippen LogP contribution in [0.4, 0.5) is 5.69 Å². The molecule has 2 atom stereocenters. The van der Waals surface area contributed by atoms with Crippen LogP contribution in [-0.2, 0) is 4.79 Å². The van der Waals surface area contributed by atoms with Gasteiger partial charge in [0.25, 0.3) is 0 Å². The standard InChI is InChI=1S/C16H19NO/c1-10-11(2)16-12(3)15(18)8-9-17(16)14-7-5-4-6-13(10)14/h4-7,10-11H,8-9H2,1-3H3. The Labute approximate surface area is 108 Å². The van der Waals surface area contributed by atoms with E-state index in [-0.39, 0.29) is 0 Å². The van der Waals surface area contributed by atoms with Gasteiger partial charge >= 0.3 is 0 Å². The average molecular weight is 241 g/mol. The number of hydrogen-bond acceptors (Lipinski definition) is 2. The number of ketones is 1. The van der Waals surface area contributed by atoms with Crippen LogP contribution in [0.1, 0.15) is 38.7 Å². The number of allylic oxidation sites excluding steroid dienone is 2. The highest BCUT2D eigenvalue weighted by Crippen LogP contribution is 2.46. The molecule has 0 N–H and O–H groups in total. The highest BCUT2D eigenvalue weighted by molar-refractivity contribution is 5.98. The van der Waals surface area contributed by atoms with Gasteiger partial charge in [0.2, 0.25) is 0 Å². The topological polar surface area (TPSA) is 20.3 Å². The molecule has 0 saturated heterocycles. The molecule has 0 amide bonds. The van der Waals surface area contributed by atoms with Crippen LogP contribution in [-0.4, -0.2) is 12.3 Å². The monoisotopic (exact) mass is 241 g/mol. The van der Waals surface area contributed by atoms with Crippen molar-refractivity contribution in [1.82, 2.24) is 0 Å². The quantitative estimate of drug-likeness (QED) is 0.693. The normalized spacial score (nSPS) is 27.1. The number of nitrogens with zero attached hydrogens (tertiary/aromatic N) is 1. The SMILES string of the molecule is CC1=C2C(C)C(C)c3ccccc3N2CCC1=O. The molecule has 1 aromatic rings. The Balaban J connectivity index is 2.23. The predicted molar refractivity (Wildman–Crippen MR) is 73.7 cm³/mol. The van der Waals surface area contributed by atoms with Gasteiger partial charge in [-0.25, -0.2) is 0 Å². The van der Waals surface area contributed by atoms with Gasteiger partial charge in [-0.3, -0.25) is 4.79 Å². The summed E-state index contributed by atoms with van der Waals surface area (Å²) in [6.45, 7) is 7.33. The first-order valence-electron chi connectivity index (χ1n) is 6.71. The fourth-order valence-corrected chi connectivity index (χ4v) is 3.33. The van der Waals surface area contributed by atoms with Gasteiger partial charge in [-0.1, -0.05) is 32.0 Å². The van der Waals surface area contributed by atoms with Gasteiger partial charge in [0, 0.05) is 35.8 Å². The van der Waals surface area contributed by atoms with E-state index in [9.17, 15) is 4.79 Å². The van der Waals surface area contributed by atoms with Crippen LogP contribution in [0, 0.1) is 5.92 Å². The van der Waals surface area contributed by atoms with Crippen molar-refractivity contribution < 1.29 is 4.79 Å². The number of anilines is 1. The number of Topliss-reactive ketones (excluding diaryl/α,β-unsaturated/α-hetero) is 1. The average Bonchev–Trinajstić information content (AvgIpc) is 2.39. The number of benzene rings is 1. The Morgan fingerprint density at radius 3 is 2.67 bits per heavy atom. The maximum atomic E-state index is 11.9. The molecule has 2 heterocycles. The third-order valence-electron chi connectivity index (χ3n) is 4.56. The lowest BCUT2D eigenvalue weighted by Crippen LogP contribution is -2.40. The van der Waals surface area contributed by atoms with Crippen LogP contribution in [0.25, 0.3) is 0 Å². The minimum Gasteiger partial charge on any atom is -0.344 e. The first kappa shape index (κ1) is 11.5. The molecule has 0 radical (unpaired) electrons. The van der Waals surface area contributed by atoms with Crippen LogP contribution in [0.15, 0.2) is 35.5 Å². The zero-order valence-electron chi connectivity index (χ0n) is 11.2. The fraction of sp³-hybridized carbons (Fsp3) is 0.438. The number of carbonyl (C=O) groups is 1. The summed E-state index contributed by atoms with van der Waals surface area (Å²) in [4.78, 5) is 14.3. The predicted octanol–water partition coefficient (Wildman–Crippen LogP) is 3.49. The number of para-hydroxylation sites is 1. The van der Waals surface area contributed by atoms with E-state index in [0.29, 0.717) is 24.0 Å². The molecule has 3 rings (SSSR count). The van der Waals surface area contributed by atoms with E-state index in [4.69, 9.17) is 0 Å². The molecule has 0 aromatic heterocycles. The van der Waals surface area contributed by atoms with Crippen molar-refractivity contribution in [3.8, 4) is 0 Å². The summed E-state index contributed by atoms with van der Waals surface area (Å²) in [6, 6.07) is 8.60. The van der Waals surface area contributed by atoms with Crippen molar-refractivity contribution in [2.24, 2.45) is 5.92 Å². The Morgan fingerprint density at radius 1 is 1.17 bits per heavy atom. The van der Waals surface area contributed by atoms with Crippen molar-refractivity contribution >= 4 is 11.5 Å². The molecule has 2 aliphatic rings. The van der Waals surface area contributed by atoms with Crippen LogP contribution in [0.3, 0.4) is 0 Å². The second-order valence-electron chi connectivity index (χ2n) is 5.47. The summed E-state index contributed by atoms with van der Waals surface area (Å²) in [5.41, 5.74) is 4.92. The zero-order valence-corrected chi connectivity index (χ0v) is 11.2. The molecule has 0 fully saturated rings. The highest BCUT2D eigenvalue weighted by Gasteiger charge is 2.36. The van der Waals surface area contributed by atoms with Gasteiger partial charge in [-0.05, 0) is 24.5 Å². The van der Waals surface area contributed by atoms with E-state index < -0.39 is 0 Å². The van der Waals surface area contributed by atoms with Crippen LogP contribution in [0.2, 0.25) is 0 Å². The molecule has 0 saturated carbocycles. The van der Waals surface area contributed by atoms with Crippen molar-refractivity contribution in [2.75, 3.05) is 11.4 Å². The van der Waals surface area contributed by atoms with Crippen molar-refractivity contribution in [3.05, 3.63) is 41.1 Å². The van der Waals surface area contributed by atoms with Crippen LogP contribution >= 0.6 is 0 Å². The molecular formula is C16H19NO. The minimum atomic E-state index is 0.319. The highest BCUT2D eigenvalue weighted by atomic mass is 16.1. The van der Waals surface area contributed by atoms with Gasteiger partial charge in [0.1, 0.15) is 0 Å². The van der Waals surface area contributed by atoms with E-state index in [0.717, 1.165) is 12.1 Å². The molecule has 2 aliphatic heterocycles. The Kier molecular flexibility index (Phi) is 2.54. The smallest absolute Gasteiger partial charge is 0.162 e. The second-order valence-corrected chi connectivity index (χ2v) is 5.47. The molecule has 2 heteroatoms.